The van der Waals surface area contributed by atoms with E-state index in [-0.39, 0.29) is 6.04 Å². The maximum Gasteiger partial charge on any atom is 0.316 e. The monoisotopic (exact) mass is 391 g/mol. The van der Waals surface area contributed by atoms with Crippen LogP contribution in [0.5, 0.6) is 0 Å². The Kier molecular flexibility index (Phi) is 4.54. The minimum absolute atomic E-state index is 0.140. The Morgan fingerprint density at radius 1 is 1.07 bits per heavy atom. The zero-order valence-corrected chi connectivity index (χ0v) is 16.6. The molecule has 0 bridgehead atoms. The third-order valence-electron chi connectivity index (χ3n) is 4.73. The molecule has 0 fully saturated rings. The van der Waals surface area contributed by atoms with Crippen LogP contribution in [0.1, 0.15) is 19.9 Å². The van der Waals surface area contributed by atoms with Crippen LogP contribution >= 0.6 is 0 Å². The highest BCUT2D eigenvalue weighted by Gasteiger charge is 2.15. The number of nitrogens with one attached hydrogen (secondary N) is 1. The first-order valence-electron chi connectivity index (χ1n) is 9.25. The summed E-state index contributed by atoms with van der Waals surface area (Å²) in [4.78, 5) is 33.4. The van der Waals surface area contributed by atoms with Crippen LogP contribution in [0.2, 0.25) is 0 Å². The molecule has 0 atom stereocenters. The summed E-state index contributed by atoms with van der Waals surface area (Å²) in [6.07, 6.45) is 0. The summed E-state index contributed by atoms with van der Waals surface area (Å²) in [5, 5.41) is 4.08. The fourth-order valence-corrected chi connectivity index (χ4v) is 3.27. The van der Waals surface area contributed by atoms with Crippen molar-refractivity contribution in [2.75, 3.05) is 19.0 Å². The Bertz CT molecular complexity index is 1310. The first kappa shape index (κ1) is 18.7. The molecule has 2 aromatic carbocycles. The second-order valence-electron chi connectivity index (χ2n) is 7.32. The smallest absolute Gasteiger partial charge is 0.316 e. The summed E-state index contributed by atoms with van der Waals surface area (Å²) in [6.45, 7) is 3.73. The van der Waals surface area contributed by atoms with Crippen molar-refractivity contribution in [3.8, 4) is 22.8 Å². The largest absolute Gasteiger partial charge is 0.378 e. The van der Waals surface area contributed by atoms with E-state index in [4.69, 9.17) is 4.52 Å². The normalized spacial score (nSPS) is 11.3. The number of fused-ring (bicyclic) bond motifs is 1. The standard InChI is InChI=1S/C21H21N5O3/c1-12(2)26-17-9-8-13(11-16(17)22-19(27)21(26)28)18-23-20(29-24-18)14-6-5-7-15(10-14)25(3)4/h5-12H,1-4H3,(H,22,27). The van der Waals surface area contributed by atoms with Crippen molar-refractivity contribution in [2.24, 2.45) is 0 Å². The van der Waals surface area contributed by atoms with Crippen molar-refractivity contribution in [1.29, 1.82) is 0 Å². The Morgan fingerprint density at radius 2 is 1.86 bits per heavy atom. The van der Waals surface area contributed by atoms with Crippen molar-refractivity contribution in [3.05, 3.63) is 63.2 Å². The molecule has 8 nitrogen and oxygen atoms in total. The van der Waals surface area contributed by atoms with Crippen LogP contribution in [0.25, 0.3) is 33.9 Å². The Hall–Kier alpha value is -3.68. The molecule has 148 valence electrons. The van der Waals surface area contributed by atoms with Crippen molar-refractivity contribution in [2.45, 2.75) is 19.9 Å². The maximum atomic E-state index is 12.2. The van der Waals surface area contributed by atoms with Crippen LogP contribution < -0.4 is 16.0 Å². The first-order valence-corrected chi connectivity index (χ1v) is 9.25. The number of rotatable bonds is 4. The molecule has 0 spiro atoms. The second-order valence-corrected chi connectivity index (χ2v) is 7.32. The number of benzene rings is 2. The highest BCUT2D eigenvalue weighted by Crippen LogP contribution is 2.26. The third kappa shape index (κ3) is 3.33. The van der Waals surface area contributed by atoms with Crippen LogP contribution in [0.15, 0.2) is 56.6 Å². The summed E-state index contributed by atoms with van der Waals surface area (Å²) in [6, 6.07) is 13.0. The van der Waals surface area contributed by atoms with Crippen LogP contribution in [-0.2, 0) is 0 Å². The molecule has 0 aliphatic carbocycles. The third-order valence-corrected chi connectivity index (χ3v) is 4.73. The fraction of sp³-hybridized carbons (Fsp3) is 0.238. The Morgan fingerprint density at radius 3 is 2.59 bits per heavy atom. The first-order chi connectivity index (χ1) is 13.8. The maximum absolute atomic E-state index is 12.2. The molecular weight excluding hydrogens is 370 g/mol. The fourth-order valence-electron chi connectivity index (χ4n) is 3.27. The molecule has 0 amide bonds. The van der Waals surface area contributed by atoms with E-state index < -0.39 is 11.1 Å². The lowest BCUT2D eigenvalue weighted by Crippen LogP contribution is -2.37. The van der Waals surface area contributed by atoms with Crippen molar-refractivity contribution in [3.63, 3.8) is 0 Å². The van der Waals surface area contributed by atoms with E-state index in [1.54, 1.807) is 12.1 Å². The average molecular weight is 391 g/mol. The summed E-state index contributed by atoms with van der Waals surface area (Å²) in [7, 11) is 3.93. The molecule has 0 saturated heterocycles. The molecule has 2 aromatic heterocycles. The molecule has 0 aliphatic heterocycles. The van der Waals surface area contributed by atoms with Gasteiger partial charge in [0.25, 0.3) is 5.89 Å². The van der Waals surface area contributed by atoms with Crippen LogP contribution in [0.3, 0.4) is 0 Å². The van der Waals surface area contributed by atoms with E-state index >= 15 is 0 Å². The zero-order chi connectivity index (χ0) is 20.7. The number of nitrogens with zero attached hydrogens (tertiary/aromatic N) is 4. The van der Waals surface area contributed by atoms with Gasteiger partial charge in [-0.15, -0.1) is 0 Å². The molecule has 1 N–H and O–H groups in total. The lowest BCUT2D eigenvalue weighted by atomic mass is 10.1. The van der Waals surface area contributed by atoms with Gasteiger partial charge in [0, 0.05) is 37.0 Å². The number of hydrogen-bond donors (Lipinski definition) is 1. The SMILES string of the molecule is CC(C)n1c(=O)c(=O)[nH]c2cc(-c3noc(-c4cccc(N(C)C)c4)n3)ccc21. The Labute approximate surface area is 166 Å². The molecule has 2 heterocycles. The van der Waals surface area contributed by atoms with E-state index in [9.17, 15) is 9.59 Å². The van der Waals surface area contributed by atoms with E-state index in [1.807, 2.05) is 63.2 Å². The van der Waals surface area contributed by atoms with E-state index in [1.165, 1.54) is 4.57 Å². The van der Waals surface area contributed by atoms with E-state index in [0.29, 0.717) is 28.3 Å². The van der Waals surface area contributed by atoms with Gasteiger partial charge in [0.15, 0.2) is 0 Å². The van der Waals surface area contributed by atoms with Gasteiger partial charge < -0.3 is 14.4 Å². The lowest BCUT2D eigenvalue weighted by molar-refractivity contribution is 0.432. The second kappa shape index (κ2) is 7.05. The molecule has 0 saturated carbocycles. The molecule has 29 heavy (non-hydrogen) atoms. The van der Waals surface area contributed by atoms with Gasteiger partial charge in [-0.3, -0.25) is 14.2 Å². The summed E-state index contributed by atoms with van der Waals surface area (Å²) < 4.78 is 6.93. The quantitative estimate of drug-likeness (QED) is 0.537. The molecule has 4 rings (SSSR count). The number of anilines is 1. The number of aromatic amines is 1. The highest BCUT2D eigenvalue weighted by atomic mass is 16.5. The van der Waals surface area contributed by atoms with Crippen molar-refractivity contribution in [1.82, 2.24) is 19.7 Å². The van der Waals surface area contributed by atoms with Crippen molar-refractivity contribution < 1.29 is 4.52 Å². The summed E-state index contributed by atoms with van der Waals surface area (Å²) >= 11 is 0. The molecule has 0 aliphatic rings. The topological polar surface area (TPSA) is 97.0 Å². The molecule has 8 heteroatoms. The van der Waals surface area contributed by atoms with Crippen LogP contribution in [-0.4, -0.2) is 33.8 Å². The summed E-state index contributed by atoms with van der Waals surface area (Å²) in [5.74, 6) is 0.810. The van der Waals surface area contributed by atoms with Gasteiger partial charge in [-0.1, -0.05) is 11.2 Å². The number of aromatic nitrogens is 4. The highest BCUT2D eigenvalue weighted by molar-refractivity contribution is 5.80. The van der Waals surface area contributed by atoms with Gasteiger partial charge in [0.1, 0.15) is 0 Å². The minimum Gasteiger partial charge on any atom is -0.378 e. The van der Waals surface area contributed by atoms with Gasteiger partial charge in [-0.25, -0.2) is 0 Å². The van der Waals surface area contributed by atoms with E-state index in [2.05, 4.69) is 15.1 Å². The molecular formula is C21H21N5O3. The van der Waals surface area contributed by atoms with Gasteiger partial charge in [-0.2, -0.15) is 4.98 Å². The molecule has 0 unspecified atom stereocenters. The van der Waals surface area contributed by atoms with Crippen molar-refractivity contribution >= 4 is 16.7 Å². The summed E-state index contributed by atoms with van der Waals surface area (Å²) in [5.41, 5.74) is 2.49. The predicted octanol–water partition coefficient (Wildman–Crippen LogP) is 3.05. The van der Waals surface area contributed by atoms with Gasteiger partial charge in [0.05, 0.1) is 11.0 Å². The minimum atomic E-state index is -0.655. The van der Waals surface area contributed by atoms with Crippen LogP contribution in [0.4, 0.5) is 5.69 Å². The van der Waals surface area contributed by atoms with E-state index in [0.717, 1.165) is 11.3 Å². The van der Waals surface area contributed by atoms with Gasteiger partial charge in [0.2, 0.25) is 5.82 Å². The van der Waals surface area contributed by atoms with Gasteiger partial charge in [-0.05, 0) is 50.2 Å². The predicted molar refractivity (Wildman–Crippen MR) is 112 cm³/mol. The average Bonchev–Trinajstić information content (AvgIpc) is 3.18. The Balaban J connectivity index is 1.79. The zero-order valence-electron chi connectivity index (χ0n) is 16.6. The van der Waals surface area contributed by atoms with Gasteiger partial charge >= 0.3 is 11.1 Å². The van der Waals surface area contributed by atoms with Crippen LogP contribution in [0, 0.1) is 0 Å². The number of H-pyrrole nitrogens is 1. The number of hydrogen-bond acceptors (Lipinski definition) is 6. The molecule has 0 radical (unpaired) electrons. The lowest BCUT2D eigenvalue weighted by Gasteiger charge is -2.13. The molecule has 4 aromatic rings.